The monoisotopic (exact) mass is 396 g/mol. The van der Waals surface area contributed by atoms with Gasteiger partial charge in [-0.2, -0.15) is 18.3 Å². The lowest BCUT2D eigenvalue weighted by molar-refractivity contribution is -0.137. The second kappa shape index (κ2) is 7.39. The van der Waals surface area contributed by atoms with Crippen LogP contribution >= 0.6 is 0 Å². The minimum absolute atomic E-state index is 0.0402. The van der Waals surface area contributed by atoms with Crippen molar-refractivity contribution in [2.75, 3.05) is 0 Å². The number of aromatic nitrogens is 2. The van der Waals surface area contributed by atoms with Crippen molar-refractivity contribution in [2.24, 2.45) is 5.84 Å². The maximum absolute atomic E-state index is 14.0. The van der Waals surface area contributed by atoms with E-state index >= 15 is 0 Å². The summed E-state index contributed by atoms with van der Waals surface area (Å²) in [5.74, 6) is 2.71. The van der Waals surface area contributed by atoms with E-state index < -0.39 is 29.3 Å². The minimum atomic E-state index is -4.58. The molecular formula is C18H13F5N4O. The fourth-order valence-corrected chi connectivity index (χ4v) is 2.63. The first-order valence-electron chi connectivity index (χ1n) is 7.89. The van der Waals surface area contributed by atoms with E-state index in [1.807, 2.05) is 5.43 Å². The second-order valence-corrected chi connectivity index (χ2v) is 5.85. The van der Waals surface area contributed by atoms with Crippen LogP contribution in [0.3, 0.4) is 0 Å². The molecule has 0 atom stereocenters. The number of nitrogens with two attached hydrogens (primary N) is 1. The van der Waals surface area contributed by atoms with Gasteiger partial charge in [-0.1, -0.05) is 6.07 Å². The summed E-state index contributed by atoms with van der Waals surface area (Å²) in [4.78, 5) is 11.3. The topological polar surface area (TPSA) is 72.9 Å². The molecule has 2 aromatic carbocycles. The Balaban J connectivity index is 2.13. The third-order valence-corrected chi connectivity index (χ3v) is 3.98. The van der Waals surface area contributed by atoms with E-state index in [0.29, 0.717) is 11.5 Å². The Morgan fingerprint density at radius 3 is 2.57 bits per heavy atom. The van der Waals surface area contributed by atoms with Crippen LogP contribution < -0.4 is 11.3 Å². The summed E-state index contributed by atoms with van der Waals surface area (Å²) in [5.41, 5.74) is 1.28. The lowest BCUT2D eigenvalue weighted by Crippen LogP contribution is -2.27. The largest absolute Gasteiger partial charge is 0.416 e. The highest BCUT2D eigenvalue weighted by Crippen LogP contribution is 2.32. The standard InChI is InChI=1S/C18H13F5N4O/c19-12-3-1-10(14(20)8-12)9-27-16-7-11(18(21,22)23)2-4-13(16)15(26-27)5-6-17(28)25-24/h1-8H,9,24H2,(H,25,28). The van der Waals surface area contributed by atoms with Crippen LogP contribution in [-0.2, 0) is 17.5 Å². The minimum Gasteiger partial charge on any atom is -0.291 e. The molecule has 1 amide bonds. The summed E-state index contributed by atoms with van der Waals surface area (Å²) in [5, 5.41) is 4.48. The van der Waals surface area contributed by atoms with Crippen LogP contribution in [0.1, 0.15) is 16.8 Å². The molecule has 0 aliphatic rings. The van der Waals surface area contributed by atoms with E-state index in [2.05, 4.69) is 5.10 Å². The first-order chi connectivity index (χ1) is 13.2. The Morgan fingerprint density at radius 2 is 1.93 bits per heavy atom. The van der Waals surface area contributed by atoms with Gasteiger partial charge in [0.2, 0.25) is 0 Å². The molecule has 1 aromatic heterocycles. The van der Waals surface area contributed by atoms with Gasteiger partial charge in [-0.05, 0) is 30.3 Å². The molecule has 146 valence electrons. The average molecular weight is 396 g/mol. The molecule has 0 radical (unpaired) electrons. The molecular weight excluding hydrogens is 383 g/mol. The molecule has 3 rings (SSSR count). The van der Waals surface area contributed by atoms with Crippen molar-refractivity contribution in [1.82, 2.24) is 15.2 Å². The Labute approximate surface area is 155 Å². The SMILES string of the molecule is NNC(=O)C=Cc1nn(Cc2ccc(F)cc2F)c2cc(C(F)(F)F)ccc12. The predicted octanol–water partition coefficient (Wildman–Crippen LogP) is 3.38. The maximum atomic E-state index is 14.0. The lowest BCUT2D eigenvalue weighted by atomic mass is 10.1. The van der Waals surface area contributed by atoms with E-state index in [9.17, 15) is 26.7 Å². The normalized spacial score (nSPS) is 12.1. The maximum Gasteiger partial charge on any atom is 0.416 e. The van der Waals surface area contributed by atoms with Crippen molar-refractivity contribution in [1.29, 1.82) is 0 Å². The van der Waals surface area contributed by atoms with Crippen LogP contribution in [-0.4, -0.2) is 15.7 Å². The van der Waals surface area contributed by atoms with Gasteiger partial charge in [0.05, 0.1) is 23.3 Å². The van der Waals surface area contributed by atoms with Gasteiger partial charge in [0, 0.05) is 23.1 Å². The summed E-state index contributed by atoms with van der Waals surface area (Å²) < 4.78 is 67.4. The summed E-state index contributed by atoms with van der Waals surface area (Å²) in [6.45, 7) is -0.235. The van der Waals surface area contributed by atoms with E-state index in [4.69, 9.17) is 5.84 Å². The molecule has 10 heteroatoms. The summed E-state index contributed by atoms with van der Waals surface area (Å²) in [6, 6.07) is 5.87. The molecule has 3 aromatic rings. The number of rotatable bonds is 4. The smallest absolute Gasteiger partial charge is 0.291 e. The van der Waals surface area contributed by atoms with Crippen LogP contribution in [0.15, 0.2) is 42.5 Å². The van der Waals surface area contributed by atoms with Crippen LogP contribution in [0.2, 0.25) is 0 Å². The lowest BCUT2D eigenvalue weighted by Gasteiger charge is -2.08. The fraction of sp³-hybridized carbons (Fsp3) is 0.111. The number of alkyl halides is 3. The zero-order valence-electron chi connectivity index (χ0n) is 14.1. The Hall–Kier alpha value is -3.27. The van der Waals surface area contributed by atoms with Gasteiger partial charge < -0.3 is 0 Å². The quantitative estimate of drug-likeness (QED) is 0.234. The van der Waals surface area contributed by atoms with Crippen molar-refractivity contribution < 1.29 is 26.7 Å². The third-order valence-electron chi connectivity index (χ3n) is 3.98. The van der Waals surface area contributed by atoms with E-state index in [1.54, 1.807) is 0 Å². The van der Waals surface area contributed by atoms with Gasteiger partial charge in [-0.15, -0.1) is 0 Å². The second-order valence-electron chi connectivity index (χ2n) is 5.85. The van der Waals surface area contributed by atoms with Crippen LogP contribution in [0, 0.1) is 11.6 Å². The van der Waals surface area contributed by atoms with Gasteiger partial charge in [0.1, 0.15) is 11.6 Å². The number of nitrogens with one attached hydrogen (secondary N) is 1. The molecule has 0 saturated heterocycles. The number of carbonyl (C=O) groups excluding carboxylic acids is 1. The Morgan fingerprint density at radius 1 is 1.18 bits per heavy atom. The Bertz CT molecular complexity index is 1070. The highest BCUT2D eigenvalue weighted by molar-refractivity contribution is 5.95. The number of nitrogens with zero attached hydrogens (tertiary/aromatic N) is 2. The number of hydrogen-bond donors (Lipinski definition) is 2. The Kier molecular flexibility index (Phi) is 5.14. The number of fused-ring (bicyclic) bond motifs is 1. The van der Waals surface area contributed by atoms with E-state index in [1.165, 1.54) is 18.2 Å². The molecule has 0 unspecified atom stereocenters. The van der Waals surface area contributed by atoms with Gasteiger partial charge in [0.25, 0.3) is 5.91 Å². The summed E-state index contributed by atoms with van der Waals surface area (Å²) in [6.07, 6.45) is -2.25. The number of halogens is 5. The van der Waals surface area contributed by atoms with Gasteiger partial charge in [-0.3, -0.25) is 14.9 Å². The van der Waals surface area contributed by atoms with Gasteiger partial charge in [0.15, 0.2) is 0 Å². The molecule has 0 aliphatic heterocycles. The summed E-state index contributed by atoms with van der Waals surface area (Å²) in [7, 11) is 0. The molecule has 0 aliphatic carbocycles. The molecule has 0 spiro atoms. The zero-order valence-corrected chi connectivity index (χ0v) is 14.1. The first kappa shape index (κ1) is 19.5. The van der Waals surface area contributed by atoms with E-state index in [-0.39, 0.29) is 23.3 Å². The molecule has 28 heavy (non-hydrogen) atoms. The van der Waals surface area contributed by atoms with Crippen molar-refractivity contribution >= 4 is 22.9 Å². The first-order valence-corrected chi connectivity index (χ1v) is 7.89. The van der Waals surface area contributed by atoms with Crippen molar-refractivity contribution in [3.63, 3.8) is 0 Å². The number of carbonyl (C=O) groups is 1. The van der Waals surface area contributed by atoms with Crippen molar-refractivity contribution in [3.8, 4) is 0 Å². The summed E-state index contributed by atoms with van der Waals surface area (Å²) >= 11 is 0. The number of amides is 1. The molecule has 5 nitrogen and oxygen atoms in total. The molecule has 1 heterocycles. The van der Waals surface area contributed by atoms with Crippen LogP contribution in [0.25, 0.3) is 17.0 Å². The van der Waals surface area contributed by atoms with Crippen LogP contribution in [0.4, 0.5) is 22.0 Å². The highest BCUT2D eigenvalue weighted by Gasteiger charge is 2.31. The molecule has 0 saturated carbocycles. The fourth-order valence-electron chi connectivity index (χ4n) is 2.63. The molecule has 0 fully saturated rings. The van der Waals surface area contributed by atoms with Gasteiger partial charge in [-0.25, -0.2) is 14.6 Å². The highest BCUT2D eigenvalue weighted by atomic mass is 19.4. The van der Waals surface area contributed by atoms with Crippen LogP contribution in [0.5, 0.6) is 0 Å². The van der Waals surface area contributed by atoms with E-state index in [0.717, 1.165) is 29.0 Å². The average Bonchev–Trinajstić information content (AvgIpc) is 2.98. The number of hydrazine groups is 1. The van der Waals surface area contributed by atoms with Gasteiger partial charge >= 0.3 is 6.18 Å². The number of hydrogen-bond acceptors (Lipinski definition) is 3. The number of benzene rings is 2. The van der Waals surface area contributed by atoms with Crippen molar-refractivity contribution in [2.45, 2.75) is 12.7 Å². The molecule has 0 bridgehead atoms. The zero-order chi connectivity index (χ0) is 20.5. The third kappa shape index (κ3) is 4.01. The molecule has 3 N–H and O–H groups in total. The predicted molar refractivity (Wildman–Crippen MR) is 91.6 cm³/mol. The van der Waals surface area contributed by atoms with Crippen molar-refractivity contribution in [3.05, 3.63) is 70.9 Å².